The number of carbonyl (C=O) groups excluding carboxylic acids is 1. The van der Waals surface area contributed by atoms with E-state index >= 15 is 0 Å². The Morgan fingerprint density at radius 3 is 2.34 bits per heavy atom. The lowest BCUT2D eigenvalue weighted by Crippen LogP contribution is -2.49. The Hall–Kier alpha value is -2.43. The molecule has 2 heterocycles. The first-order chi connectivity index (χ1) is 15.2. The van der Waals surface area contributed by atoms with Crippen LogP contribution >= 0.6 is 0 Å². The maximum Gasteiger partial charge on any atom is 0.222 e. The van der Waals surface area contributed by atoms with E-state index in [9.17, 15) is 4.79 Å². The molecule has 2 aromatic rings. The summed E-state index contributed by atoms with van der Waals surface area (Å²) in [6.07, 6.45) is 2.48. The Labute approximate surface area is 194 Å². The molecule has 1 amide bonds. The smallest absolute Gasteiger partial charge is 0.222 e. The van der Waals surface area contributed by atoms with Gasteiger partial charge in [0.05, 0.1) is 0 Å². The Morgan fingerprint density at radius 2 is 1.72 bits per heavy atom. The molecular weight excluding hydrogens is 396 g/mol. The summed E-state index contributed by atoms with van der Waals surface area (Å²) in [6, 6.07) is 6.65. The molecule has 32 heavy (non-hydrogen) atoms. The van der Waals surface area contributed by atoms with Gasteiger partial charge in [-0.2, -0.15) is 0 Å². The van der Waals surface area contributed by atoms with Crippen molar-refractivity contribution in [3.05, 3.63) is 52.0 Å². The van der Waals surface area contributed by atoms with E-state index in [1.807, 2.05) is 4.90 Å². The van der Waals surface area contributed by atoms with Gasteiger partial charge in [0.15, 0.2) is 0 Å². The second-order valence-electron chi connectivity index (χ2n) is 9.85. The van der Waals surface area contributed by atoms with Crippen molar-refractivity contribution in [2.24, 2.45) is 5.92 Å². The highest BCUT2D eigenvalue weighted by atomic mass is 16.2. The first kappa shape index (κ1) is 24.2. The lowest BCUT2D eigenvalue weighted by atomic mass is 9.97. The van der Waals surface area contributed by atoms with Crippen LogP contribution in [0.15, 0.2) is 18.2 Å². The molecule has 1 aromatic carbocycles. The van der Waals surface area contributed by atoms with Gasteiger partial charge < -0.3 is 9.80 Å². The average Bonchev–Trinajstić information content (AvgIpc) is 2.76. The zero-order valence-corrected chi connectivity index (χ0v) is 21.0. The van der Waals surface area contributed by atoms with Gasteiger partial charge >= 0.3 is 0 Å². The van der Waals surface area contributed by atoms with Crippen molar-refractivity contribution in [1.29, 1.82) is 0 Å². The van der Waals surface area contributed by atoms with Crippen LogP contribution in [0, 0.1) is 26.7 Å². The molecule has 1 aliphatic rings. The maximum absolute atomic E-state index is 12.5. The lowest BCUT2D eigenvalue weighted by Gasteiger charge is -2.37. The molecule has 0 spiro atoms. The second kappa shape index (κ2) is 10.5. The van der Waals surface area contributed by atoms with Gasteiger partial charge in [-0.05, 0) is 44.2 Å². The molecule has 5 heteroatoms. The number of hydrogen-bond donors (Lipinski definition) is 0. The Balaban J connectivity index is 1.91. The summed E-state index contributed by atoms with van der Waals surface area (Å²) < 4.78 is 0. The molecule has 0 radical (unpaired) electrons. The largest absolute Gasteiger partial charge is 0.353 e. The summed E-state index contributed by atoms with van der Waals surface area (Å²) in [7, 11) is 0. The highest BCUT2D eigenvalue weighted by molar-refractivity contribution is 5.76. The van der Waals surface area contributed by atoms with Gasteiger partial charge in [0.2, 0.25) is 5.91 Å². The van der Waals surface area contributed by atoms with E-state index in [0.29, 0.717) is 18.3 Å². The third kappa shape index (κ3) is 5.67. The van der Waals surface area contributed by atoms with Gasteiger partial charge in [0.1, 0.15) is 11.6 Å². The van der Waals surface area contributed by atoms with E-state index in [1.54, 1.807) is 0 Å². The minimum Gasteiger partial charge on any atom is -0.353 e. The van der Waals surface area contributed by atoms with Gasteiger partial charge in [0.25, 0.3) is 0 Å². The van der Waals surface area contributed by atoms with Crippen LogP contribution in [-0.2, 0) is 11.2 Å². The fraction of sp³-hybridized carbons (Fsp3) is 0.593. The van der Waals surface area contributed by atoms with E-state index < -0.39 is 0 Å². The molecule has 1 aliphatic heterocycles. The van der Waals surface area contributed by atoms with Gasteiger partial charge in [-0.3, -0.25) is 4.79 Å². The monoisotopic (exact) mass is 436 g/mol. The summed E-state index contributed by atoms with van der Waals surface area (Å²) in [5.74, 6) is 2.99. The molecule has 0 aliphatic carbocycles. The number of anilines is 1. The summed E-state index contributed by atoms with van der Waals surface area (Å²) >= 11 is 0. The normalized spacial score (nSPS) is 15.4. The van der Waals surface area contributed by atoms with Crippen LogP contribution < -0.4 is 4.90 Å². The third-order valence-corrected chi connectivity index (χ3v) is 6.65. The zero-order valence-electron chi connectivity index (χ0n) is 21.0. The fourth-order valence-corrected chi connectivity index (χ4v) is 4.30. The van der Waals surface area contributed by atoms with Gasteiger partial charge in [-0.1, -0.05) is 51.5 Å². The molecular formula is C27H40N4O. The summed E-state index contributed by atoms with van der Waals surface area (Å²) in [4.78, 5) is 27.0. The van der Waals surface area contributed by atoms with Crippen molar-refractivity contribution in [2.75, 3.05) is 31.1 Å². The number of carbonyl (C=O) groups is 1. The van der Waals surface area contributed by atoms with Gasteiger partial charge in [0, 0.05) is 56.2 Å². The predicted molar refractivity (Wildman–Crippen MR) is 132 cm³/mol. The highest BCUT2D eigenvalue weighted by Gasteiger charge is 2.26. The fourth-order valence-electron chi connectivity index (χ4n) is 4.30. The number of piperazine rings is 1. The number of benzene rings is 1. The highest BCUT2D eigenvalue weighted by Crippen LogP contribution is 2.29. The molecule has 5 nitrogen and oxygen atoms in total. The number of nitrogens with zero attached hydrogens (tertiary/aromatic N) is 4. The van der Waals surface area contributed by atoms with Crippen molar-refractivity contribution < 1.29 is 4.79 Å². The molecule has 0 bridgehead atoms. The molecule has 1 aromatic heterocycles. The zero-order chi connectivity index (χ0) is 23.4. The lowest BCUT2D eigenvalue weighted by molar-refractivity contribution is -0.132. The van der Waals surface area contributed by atoms with Crippen molar-refractivity contribution in [3.8, 4) is 0 Å². The van der Waals surface area contributed by atoms with Crippen LogP contribution in [0.4, 0.5) is 5.82 Å². The Bertz CT molecular complexity index is 945. The molecule has 1 atom stereocenters. The Kier molecular flexibility index (Phi) is 7.91. The molecule has 1 saturated heterocycles. The van der Waals surface area contributed by atoms with Gasteiger partial charge in [-0.15, -0.1) is 0 Å². The van der Waals surface area contributed by atoms with Crippen molar-refractivity contribution >= 4 is 11.7 Å². The van der Waals surface area contributed by atoms with E-state index in [4.69, 9.17) is 9.97 Å². The second-order valence-corrected chi connectivity index (χ2v) is 9.85. The van der Waals surface area contributed by atoms with Gasteiger partial charge in [-0.25, -0.2) is 9.97 Å². The number of aromatic nitrogens is 2. The SMILES string of the molecule is CC[C@@H](C)c1nc(C)c(Cc2cc(C)ccc2C)c(N2CCN(C(=O)CC(C)C)CC2)n1. The van der Waals surface area contributed by atoms with Crippen LogP contribution in [0.2, 0.25) is 0 Å². The standard InChI is InChI=1S/C27H40N4O/c1-8-20(5)26-28-22(7)24(17-23-16-19(4)9-10-21(23)6)27(29-26)31-13-11-30(12-14-31)25(32)15-18(2)3/h9-10,16,18,20H,8,11-15,17H2,1-7H3/t20-/m1/s1. The summed E-state index contributed by atoms with van der Waals surface area (Å²) in [5, 5.41) is 0. The van der Waals surface area contributed by atoms with Crippen molar-refractivity contribution in [2.45, 2.75) is 73.6 Å². The minimum absolute atomic E-state index is 0.273. The van der Waals surface area contributed by atoms with E-state index in [1.165, 1.54) is 22.3 Å². The molecule has 3 rings (SSSR count). The van der Waals surface area contributed by atoms with Crippen LogP contribution in [0.1, 0.15) is 80.2 Å². The molecule has 1 fully saturated rings. The van der Waals surface area contributed by atoms with Crippen LogP contribution in [0.5, 0.6) is 0 Å². The summed E-state index contributed by atoms with van der Waals surface area (Å²) in [5.41, 5.74) is 6.20. The number of aryl methyl sites for hydroxylation is 3. The van der Waals surface area contributed by atoms with Crippen LogP contribution in [0.25, 0.3) is 0 Å². The predicted octanol–water partition coefficient (Wildman–Crippen LogP) is 5.20. The quantitative estimate of drug-likeness (QED) is 0.598. The first-order valence-corrected chi connectivity index (χ1v) is 12.2. The number of hydrogen-bond acceptors (Lipinski definition) is 4. The van der Waals surface area contributed by atoms with Crippen LogP contribution in [0.3, 0.4) is 0 Å². The van der Waals surface area contributed by atoms with Crippen LogP contribution in [-0.4, -0.2) is 47.0 Å². The van der Waals surface area contributed by atoms with E-state index in [-0.39, 0.29) is 5.91 Å². The molecule has 0 saturated carbocycles. The average molecular weight is 437 g/mol. The molecule has 0 unspecified atom stereocenters. The topological polar surface area (TPSA) is 49.3 Å². The van der Waals surface area contributed by atoms with Crippen molar-refractivity contribution in [1.82, 2.24) is 14.9 Å². The van der Waals surface area contributed by atoms with E-state index in [0.717, 1.165) is 56.4 Å². The third-order valence-electron chi connectivity index (χ3n) is 6.65. The van der Waals surface area contributed by atoms with E-state index in [2.05, 4.69) is 71.6 Å². The van der Waals surface area contributed by atoms with Crippen molar-refractivity contribution in [3.63, 3.8) is 0 Å². The minimum atomic E-state index is 0.273. The Morgan fingerprint density at radius 1 is 1.03 bits per heavy atom. The maximum atomic E-state index is 12.5. The summed E-state index contributed by atoms with van der Waals surface area (Å²) in [6.45, 7) is 18.2. The number of amides is 1. The molecule has 0 N–H and O–H groups in total. The first-order valence-electron chi connectivity index (χ1n) is 12.2. The number of rotatable bonds is 7. The molecule has 174 valence electrons.